The zero-order valence-electron chi connectivity index (χ0n) is 13.5. The largest absolute Gasteiger partial charge is 0.303 e. The molecule has 0 N–H and O–H groups in total. The number of rotatable bonds is 8. The second-order valence-corrected chi connectivity index (χ2v) is 6.83. The standard InChI is InChI=1S/C17H33NO/c1-5-16(6-2)18(12-15(3)4)13-17(14-19)10-8-7-9-11-17/h14-16H,5-13H2,1-4H3. The Balaban J connectivity index is 2.75. The van der Waals surface area contributed by atoms with E-state index >= 15 is 0 Å². The van der Waals surface area contributed by atoms with Crippen LogP contribution >= 0.6 is 0 Å². The summed E-state index contributed by atoms with van der Waals surface area (Å²) in [5, 5.41) is 0. The summed E-state index contributed by atoms with van der Waals surface area (Å²) in [4.78, 5) is 14.3. The Hall–Kier alpha value is -0.370. The van der Waals surface area contributed by atoms with E-state index in [0.717, 1.165) is 25.9 Å². The molecule has 1 aliphatic rings. The van der Waals surface area contributed by atoms with Gasteiger partial charge in [-0.1, -0.05) is 47.0 Å². The van der Waals surface area contributed by atoms with Gasteiger partial charge in [-0.2, -0.15) is 0 Å². The van der Waals surface area contributed by atoms with Crippen LogP contribution in [0.5, 0.6) is 0 Å². The Morgan fingerprint density at radius 2 is 1.68 bits per heavy atom. The highest BCUT2D eigenvalue weighted by Crippen LogP contribution is 2.36. The highest BCUT2D eigenvalue weighted by Gasteiger charge is 2.35. The van der Waals surface area contributed by atoms with E-state index in [0.29, 0.717) is 12.0 Å². The molecule has 19 heavy (non-hydrogen) atoms. The lowest BCUT2D eigenvalue weighted by molar-refractivity contribution is -0.119. The number of hydrogen-bond donors (Lipinski definition) is 0. The SMILES string of the molecule is CCC(CC)N(CC(C)C)CC1(C=O)CCCCC1. The minimum atomic E-state index is -0.0459. The second-order valence-electron chi connectivity index (χ2n) is 6.83. The molecule has 0 aliphatic heterocycles. The highest BCUT2D eigenvalue weighted by atomic mass is 16.1. The number of nitrogens with zero attached hydrogens (tertiary/aromatic N) is 1. The van der Waals surface area contributed by atoms with Gasteiger partial charge in [0.1, 0.15) is 6.29 Å². The Morgan fingerprint density at radius 3 is 2.11 bits per heavy atom. The van der Waals surface area contributed by atoms with Gasteiger partial charge in [0.25, 0.3) is 0 Å². The maximum Gasteiger partial charge on any atom is 0.127 e. The van der Waals surface area contributed by atoms with E-state index in [1.165, 1.54) is 38.4 Å². The summed E-state index contributed by atoms with van der Waals surface area (Å²) in [5.41, 5.74) is -0.0459. The van der Waals surface area contributed by atoms with E-state index in [1.807, 2.05) is 0 Å². The van der Waals surface area contributed by atoms with Gasteiger partial charge in [0, 0.05) is 24.5 Å². The molecule has 1 rings (SSSR count). The molecule has 2 nitrogen and oxygen atoms in total. The molecule has 0 radical (unpaired) electrons. The Kier molecular flexibility index (Phi) is 7.06. The Labute approximate surface area is 119 Å². The van der Waals surface area contributed by atoms with E-state index < -0.39 is 0 Å². The predicted octanol–water partition coefficient (Wildman–Crippen LogP) is 4.28. The van der Waals surface area contributed by atoms with Crippen molar-refractivity contribution in [2.45, 2.75) is 78.7 Å². The lowest BCUT2D eigenvalue weighted by Crippen LogP contribution is -2.46. The van der Waals surface area contributed by atoms with E-state index in [2.05, 4.69) is 32.6 Å². The van der Waals surface area contributed by atoms with E-state index in [1.54, 1.807) is 0 Å². The molecule has 0 amide bonds. The number of aldehydes is 1. The molecule has 2 heteroatoms. The van der Waals surface area contributed by atoms with Crippen molar-refractivity contribution in [3.63, 3.8) is 0 Å². The third kappa shape index (κ3) is 4.91. The van der Waals surface area contributed by atoms with Gasteiger partial charge in [0.15, 0.2) is 0 Å². The first kappa shape index (κ1) is 16.7. The fourth-order valence-electron chi connectivity index (χ4n) is 3.59. The van der Waals surface area contributed by atoms with Gasteiger partial charge in [-0.25, -0.2) is 0 Å². The predicted molar refractivity (Wildman–Crippen MR) is 82.4 cm³/mol. The second kappa shape index (κ2) is 8.04. The van der Waals surface area contributed by atoms with Crippen LogP contribution in [0.3, 0.4) is 0 Å². The number of carbonyl (C=O) groups excluding carboxylic acids is 1. The molecule has 0 aromatic carbocycles. The average Bonchev–Trinajstić information content (AvgIpc) is 2.40. The van der Waals surface area contributed by atoms with Gasteiger partial charge < -0.3 is 4.79 Å². The third-order valence-corrected chi connectivity index (χ3v) is 4.68. The molecule has 1 saturated carbocycles. The van der Waals surface area contributed by atoms with Crippen molar-refractivity contribution < 1.29 is 4.79 Å². The summed E-state index contributed by atoms with van der Waals surface area (Å²) in [6.07, 6.45) is 9.65. The van der Waals surface area contributed by atoms with Crippen LogP contribution in [0.1, 0.15) is 72.6 Å². The first-order valence-electron chi connectivity index (χ1n) is 8.27. The van der Waals surface area contributed by atoms with Crippen LogP contribution in [0.2, 0.25) is 0 Å². The van der Waals surface area contributed by atoms with E-state index in [-0.39, 0.29) is 5.41 Å². The summed E-state index contributed by atoms with van der Waals surface area (Å²) < 4.78 is 0. The molecule has 0 unspecified atom stereocenters. The Bertz CT molecular complexity index is 252. The molecular formula is C17H33NO. The molecule has 112 valence electrons. The van der Waals surface area contributed by atoms with Gasteiger partial charge in [-0.15, -0.1) is 0 Å². The van der Waals surface area contributed by atoms with Gasteiger partial charge >= 0.3 is 0 Å². The van der Waals surface area contributed by atoms with Crippen LogP contribution in [0.25, 0.3) is 0 Å². The molecule has 0 aromatic heterocycles. The first-order valence-corrected chi connectivity index (χ1v) is 8.27. The monoisotopic (exact) mass is 267 g/mol. The van der Waals surface area contributed by atoms with Crippen LogP contribution in [-0.4, -0.2) is 30.3 Å². The van der Waals surface area contributed by atoms with Crippen molar-refractivity contribution in [3.05, 3.63) is 0 Å². The highest BCUT2D eigenvalue weighted by molar-refractivity contribution is 5.60. The van der Waals surface area contributed by atoms with Crippen LogP contribution in [-0.2, 0) is 4.79 Å². The maximum atomic E-state index is 11.7. The summed E-state index contributed by atoms with van der Waals surface area (Å²) >= 11 is 0. The molecule has 0 spiro atoms. The van der Waals surface area contributed by atoms with Crippen molar-refractivity contribution in [3.8, 4) is 0 Å². The number of carbonyl (C=O) groups is 1. The van der Waals surface area contributed by atoms with Crippen molar-refractivity contribution >= 4 is 6.29 Å². The molecular weight excluding hydrogens is 234 g/mol. The molecule has 1 aliphatic carbocycles. The van der Waals surface area contributed by atoms with E-state index in [4.69, 9.17) is 0 Å². The van der Waals surface area contributed by atoms with Gasteiger partial charge in [-0.3, -0.25) is 4.90 Å². The van der Waals surface area contributed by atoms with Gasteiger partial charge in [0.05, 0.1) is 0 Å². The van der Waals surface area contributed by atoms with Crippen molar-refractivity contribution in [1.29, 1.82) is 0 Å². The van der Waals surface area contributed by atoms with Crippen LogP contribution in [0.4, 0.5) is 0 Å². The first-order chi connectivity index (χ1) is 9.06. The summed E-state index contributed by atoms with van der Waals surface area (Å²) in [7, 11) is 0. The number of hydrogen-bond acceptors (Lipinski definition) is 2. The fraction of sp³-hybridized carbons (Fsp3) is 0.941. The van der Waals surface area contributed by atoms with Gasteiger partial charge in [0.2, 0.25) is 0 Å². The molecule has 0 atom stereocenters. The van der Waals surface area contributed by atoms with Gasteiger partial charge in [-0.05, 0) is 31.6 Å². The normalized spacial score (nSPS) is 19.3. The molecule has 0 bridgehead atoms. The van der Waals surface area contributed by atoms with Crippen LogP contribution < -0.4 is 0 Å². The third-order valence-electron chi connectivity index (χ3n) is 4.68. The lowest BCUT2D eigenvalue weighted by Gasteiger charge is -2.41. The topological polar surface area (TPSA) is 20.3 Å². The maximum absolute atomic E-state index is 11.7. The van der Waals surface area contributed by atoms with Crippen LogP contribution in [0, 0.1) is 11.3 Å². The summed E-state index contributed by atoms with van der Waals surface area (Å²) in [6, 6.07) is 0.640. The van der Waals surface area contributed by atoms with E-state index in [9.17, 15) is 4.79 Å². The smallest absolute Gasteiger partial charge is 0.127 e. The quantitative estimate of drug-likeness (QED) is 0.612. The summed E-state index contributed by atoms with van der Waals surface area (Å²) in [5.74, 6) is 0.674. The average molecular weight is 267 g/mol. The van der Waals surface area contributed by atoms with Crippen molar-refractivity contribution in [1.82, 2.24) is 4.90 Å². The zero-order chi connectivity index (χ0) is 14.3. The zero-order valence-corrected chi connectivity index (χ0v) is 13.5. The molecule has 0 heterocycles. The summed E-state index contributed by atoms with van der Waals surface area (Å²) in [6.45, 7) is 11.2. The minimum absolute atomic E-state index is 0.0459. The molecule has 0 aromatic rings. The molecule has 1 fully saturated rings. The fourth-order valence-corrected chi connectivity index (χ4v) is 3.59. The minimum Gasteiger partial charge on any atom is -0.303 e. The molecule has 0 saturated heterocycles. The lowest BCUT2D eigenvalue weighted by atomic mass is 9.74. The van der Waals surface area contributed by atoms with Crippen molar-refractivity contribution in [2.75, 3.05) is 13.1 Å². The Morgan fingerprint density at radius 1 is 1.11 bits per heavy atom. The van der Waals surface area contributed by atoms with Crippen LogP contribution in [0.15, 0.2) is 0 Å². The van der Waals surface area contributed by atoms with Crippen molar-refractivity contribution in [2.24, 2.45) is 11.3 Å².